The molecule has 7 heteroatoms. The third kappa shape index (κ3) is 3.83. The summed E-state index contributed by atoms with van der Waals surface area (Å²) in [6.45, 7) is 2.38. The highest BCUT2D eigenvalue weighted by Gasteiger charge is 2.17. The van der Waals surface area contributed by atoms with Gasteiger partial charge in [0, 0.05) is 12.1 Å². The van der Waals surface area contributed by atoms with E-state index in [1.165, 1.54) is 16.8 Å². The Labute approximate surface area is 124 Å². The van der Waals surface area contributed by atoms with Crippen molar-refractivity contribution in [1.29, 1.82) is 0 Å². The number of aromatic nitrogens is 1. The summed E-state index contributed by atoms with van der Waals surface area (Å²) in [5, 5.41) is 0. The molecular formula is C14H18N2O4S. The maximum atomic E-state index is 11.6. The number of benzene rings is 1. The number of hydrogen-bond acceptors (Lipinski definition) is 5. The fourth-order valence-electron chi connectivity index (χ4n) is 1.89. The van der Waals surface area contributed by atoms with Gasteiger partial charge in [-0.25, -0.2) is 13.4 Å². The molecule has 0 unspecified atom stereocenters. The van der Waals surface area contributed by atoms with Gasteiger partial charge in [0.1, 0.15) is 12.0 Å². The average Bonchev–Trinajstić information content (AvgIpc) is 2.92. The van der Waals surface area contributed by atoms with Gasteiger partial charge in [0.25, 0.3) is 0 Å². The molecule has 0 radical (unpaired) electrons. The molecule has 1 heterocycles. The second-order valence-electron chi connectivity index (χ2n) is 4.56. The Kier molecular flexibility index (Phi) is 4.64. The summed E-state index contributed by atoms with van der Waals surface area (Å²) in [7, 11) is -1.64. The Bertz CT molecular complexity index is 692. The van der Waals surface area contributed by atoms with Gasteiger partial charge >= 0.3 is 0 Å². The summed E-state index contributed by atoms with van der Waals surface area (Å²) >= 11 is 0. The maximum Gasteiger partial charge on any atom is 0.226 e. The van der Waals surface area contributed by atoms with Gasteiger partial charge in [-0.05, 0) is 24.3 Å². The van der Waals surface area contributed by atoms with Crippen molar-refractivity contribution in [3.8, 4) is 17.2 Å². The molecule has 2 rings (SSSR count). The molecule has 0 atom stereocenters. The van der Waals surface area contributed by atoms with Crippen molar-refractivity contribution in [2.24, 2.45) is 0 Å². The van der Waals surface area contributed by atoms with E-state index < -0.39 is 10.0 Å². The van der Waals surface area contributed by atoms with Crippen LogP contribution in [-0.4, -0.2) is 37.6 Å². The molecule has 0 amide bonds. The largest absolute Gasteiger partial charge is 0.497 e. The van der Waals surface area contributed by atoms with Crippen molar-refractivity contribution in [2.75, 3.05) is 19.9 Å². The number of hydrogen-bond donors (Lipinski definition) is 0. The van der Waals surface area contributed by atoms with Crippen LogP contribution in [0.1, 0.15) is 12.6 Å². The van der Waals surface area contributed by atoms with Crippen LogP contribution in [0.5, 0.6) is 5.75 Å². The molecule has 0 spiro atoms. The van der Waals surface area contributed by atoms with Gasteiger partial charge < -0.3 is 9.15 Å². The molecule has 0 aliphatic rings. The molecule has 1 aromatic heterocycles. The lowest BCUT2D eigenvalue weighted by molar-refractivity contribution is 0.415. The van der Waals surface area contributed by atoms with Gasteiger partial charge in [-0.2, -0.15) is 4.31 Å². The van der Waals surface area contributed by atoms with Crippen LogP contribution >= 0.6 is 0 Å². The molecule has 0 fully saturated rings. The van der Waals surface area contributed by atoms with Crippen molar-refractivity contribution in [2.45, 2.75) is 13.5 Å². The second kappa shape index (κ2) is 6.28. The quantitative estimate of drug-likeness (QED) is 0.817. The summed E-state index contributed by atoms with van der Waals surface area (Å²) in [6, 6.07) is 7.30. The Morgan fingerprint density at radius 3 is 2.48 bits per heavy atom. The molecule has 114 valence electrons. The van der Waals surface area contributed by atoms with Gasteiger partial charge in [-0.3, -0.25) is 0 Å². The molecule has 6 nitrogen and oxygen atoms in total. The standard InChI is InChI=1S/C14H18N2O4S/c1-4-16(21(3,17)18)9-12-10-20-14(15-12)11-5-7-13(19-2)8-6-11/h5-8,10H,4,9H2,1-3H3. The van der Waals surface area contributed by atoms with Crippen LogP contribution in [0.25, 0.3) is 11.5 Å². The van der Waals surface area contributed by atoms with Crippen LogP contribution in [0.15, 0.2) is 34.9 Å². The number of methoxy groups -OCH3 is 1. The van der Waals surface area contributed by atoms with E-state index in [-0.39, 0.29) is 6.54 Å². The van der Waals surface area contributed by atoms with Crippen LogP contribution in [0.3, 0.4) is 0 Å². The molecule has 0 bridgehead atoms. The monoisotopic (exact) mass is 310 g/mol. The number of rotatable bonds is 6. The smallest absolute Gasteiger partial charge is 0.226 e. The summed E-state index contributed by atoms with van der Waals surface area (Å²) < 4.78 is 35.0. The van der Waals surface area contributed by atoms with Crippen LogP contribution in [0.2, 0.25) is 0 Å². The zero-order valence-corrected chi connectivity index (χ0v) is 13.1. The minimum absolute atomic E-state index is 0.203. The summed E-state index contributed by atoms with van der Waals surface area (Å²) in [5.41, 5.74) is 1.39. The first-order valence-corrected chi connectivity index (χ1v) is 8.33. The van der Waals surface area contributed by atoms with Crippen LogP contribution < -0.4 is 4.74 Å². The van der Waals surface area contributed by atoms with E-state index in [1.54, 1.807) is 14.0 Å². The molecule has 1 aromatic carbocycles. The highest BCUT2D eigenvalue weighted by Crippen LogP contribution is 2.22. The first-order valence-electron chi connectivity index (χ1n) is 6.48. The summed E-state index contributed by atoms with van der Waals surface area (Å²) in [5.74, 6) is 1.21. The van der Waals surface area contributed by atoms with Crippen molar-refractivity contribution in [3.63, 3.8) is 0 Å². The minimum Gasteiger partial charge on any atom is -0.497 e. The van der Waals surface area contributed by atoms with E-state index in [0.717, 1.165) is 11.3 Å². The van der Waals surface area contributed by atoms with E-state index in [0.29, 0.717) is 18.1 Å². The topological polar surface area (TPSA) is 72.6 Å². The number of sulfonamides is 1. The normalized spacial score (nSPS) is 11.8. The fourth-order valence-corrected chi connectivity index (χ4v) is 2.73. The third-order valence-electron chi connectivity index (χ3n) is 3.05. The third-order valence-corrected chi connectivity index (χ3v) is 4.37. The Hall–Kier alpha value is -1.86. The average molecular weight is 310 g/mol. The number of nitrogens with zero attached hydrogens (tertiary/aromatic N) is 2. The molecule has 0 aliphatic heterocycles. The van der Waals surface area contributed by atoms with Gasteiger partial charge in [0.2, 0.25) is 15.9 Å². The zero-order chi connectivity index (χ0) is 15.5. The van der Waals surface area contributed by atoms with E-state index in [1.807, 2.05) is 24.3 Å². The molecular weight excluding hydrogens is 292 g/mol. The van der Waals surface area contributed by atoms with Crippen molar-refractivity contribution in [1.82, 2.24) is 9.29 Å². The molecule has 21 heavy (non-hydrogen) atoms. The van der Waals surface area contributed by atoms with Gasteiger partial charge in [0.15, 0.2) is 0 Å². The minimum atomic E-state index is -3.24. The number of ether oxygens (including phenoxy) is 1. The van der Waals surface area contributed by atoms with E-state index in [9.17, 15) is 8.42 Å². The molecule has 0 N–H and O–H groups in total. The Morgan fingerprint density at radius 1 is 1.29 bits per heavy atom. The lowest BCUT2D eigenvalue weighted by atomic mass is 10.2. The molecule has 0 saturated carbocycles. The predicted octanol–water partition coefficient (Wildman–Crippen LogP) is 2.13. The van der Waals surface area contributed by atoms with Gasteiger partial charge in [0.05, 0.1) is 25.6 Å². The highest BCUT2D eigenvalue weighted by atomic mass is 32.2. The predicted molar refractivity (Wildman–Crippen MR) is 79.4 cm³/mol. The first kappa shape index (κ1) is 15.5. The van der Waals surface area contributed by atoms with Crippen LogP contribution in [-0.2, 0) is 16.6 Å². The fraction of sp³-hybridized carbons (Fsp3) is 0.357. The first-order chi connectivity index (χ1) is 9.94. The number of oxazole rings is 1. The van der Waals surface area contributed by atoms with E-state index in [4.69, 9.17) is 9.15 Å². The second-order valence-corrected chi connectivity index (χ2v) is 6.54. The zero-order valence-electron chi connectivity index (χ0n) is 12.2. The summed E-state index contributed by atoms with van der Waals surface area (Å²) in [6.07, 6.45) is 2.66. The van der Waals surface area contributed by atoms with E-state index in [2.05, 4.69) is 4.98 Å². The van der Waals surface area contributed by atoms with Crippen molar-refractivity contribution in [3.05, 3.63) is 36.2 Å². The highest BCUT2D eigenvalue weighted by molar-refractivity contribution is 7.88. The Balaban J connectivity index is 2.17. The molecule has 0 aliphatic carbocycles. The van der Waals surface area contributed by atoms with Crippen molar-refractivity contribution >= 4 is 10.0 Å². The van der Waals surface area contributed by atoms with E-state index >= 15 is 0 Å². The lowest BCUT2D eigenvalue weighted by Crippen LogP contribution is -2.29. The summed E-state index contributed by atoms with van der Waals surface area (Å²) in [4.78, 5) is 4.32. The van der Waals surface area contributed by atoms with Crippen molar-refractivity contribution < 1.29 is 17.6 Å². The molecule has 0 saturated heterocycles. The Morgan fingerprint density at radius 2 is 1.95 bits per heavy atom. The molecule has 2 aromatic rings. The van der Waals surface area contributed by atoms with Gasteiger partial charge in [-0.15, -0.1) is 0 Å². The van der Waals surface area contributed by atoms with Crippen LogP contribution in [0, 0.1) is 0 Å². The lowest BCUT2D eigenvalue weighted by Gasteiger charge is -2.15. The SMILES string of the molecule is CCN(Cc1coc(-c2ccc(OC)cc2)n1)S(C)(=O)=O. The van der Waals surface area contributed by atoms with Crippen LogP contribution in [0.4, 0.5) is 0 Å². The van der Waals surface area contributed by atoms with Gasteiger partial charge in [-0.1, -0.05) is 6.92 Å². The maximum absolute atomic E-state index is 11.6.